The smallest absolute Gasteiger partial charge is 0.341 e. The van der Waals surface area contributed by atoms with E-state index in [4.69, 9.17) is 17.0 Å². The molecule has 1 aliphatic heterocycles. The summed E-state index contributed by atoms with van der Waals surface area (Å²) in [5, 5.41) is 16.3. The van der Waals surface area contributed by atoms with Crippen molar-refractivity contribution < 1.29 is 18.7 Å². The maximum absolute atomic E-state index is 14.9. The van der Waals surface area contributed by atoms with Gasteiger partial charge in [-0.05, 0) is 49.4 Å². The summed E-state index contributed by atoms with van der Waals surface area (Å²) < 4.78 is 28.8. The number of hydrogen-bond acceptors (Lipinski definition) is 4. The van der Waals surface area contributed by atoms with Gasteiger partial charge in [-0.15, -0.1) is 0 Å². The zero-order valence-corrected chi connectivity index (χ0v) is 19.8. The molecule has 2 aromatic carbocycles. The van der Waals surface area contributed by atoms with E-state index in [1.807, 2.05) is 4.90 Å². The van der Waals surface area contributed by atoms with E-state index in [1.165, 1.54) is 24.5 Å². The molecule has 35 heavy (non-hydrogen) atoms. The van der Waals surface area contributed by atoms with Gasteiger partial charge in [0.25, 0.3) is 0 Å². The molecule has 0 amide bonds. The number of carbonyl (C=O) groups is 1. The first-order valence-corrected chi connectivity index (χ1v) is 12.0. The van der Waals surface area contributed by atoms with Crippen molar-refractivity contribution >= 4 is 40.4 Å². The molecule has 184 valence electrons. The molecular weight excluding hydrogens is 476 g/mol. The molecule has 1 aliphatic carbocycles. The average molecular weight is 502 g/mol. The monoisotopic (exact) mass is 501 g/mol. The summed E-state index contributed by atoms with van der Waals surface area (Å²) in [6.07, 6.45) is 8.49. The van der Waals surface area contributed by atoms with Crippen molar-refractivity contribution in [1.29, 1.82) is 5.41 Å². The summed E-state index contributed by atoms with van der Waals surface area (Å²) in [5.74, 6) is -2.13. The van der Waals surface area contributed by atoms with Gasteiger partial charge in [0.15, 0.2) is 0 Å². The minimum absolute atomic E-state index is 0.0397. The summed E-state index contributed by atoms with van der Waals surface area (Å²) in [5.41, 5.74) is 0.467. The van der Waals surface area contributed by atoms with Crippen molar-refractivity contribution in [3.8, 4) is 0 Å². The van der Waals surface area contributed by atoms with Gasteiger partial charge in [-0.25, -0.2) is 13.6 Å². The standard InChI is InChI=1S/C19H20ClFN2O3.C7H6FN/c20-15-16-12(9-14(21)17(15)22-7-3-1-2-4-8-22)18(24)13(19(25)26)10-23(16)11-5-6-11;8-7-3-1-6(5-9)2-4-7/h9-11H,1-8H2,(H,25,26);1-5,9H. The van der Waals surface area contributed by atoms with Crippen LogP contribution >= 0.6 is 11.6 Å². The lowest BCUT2D eigenvalue weighted by atomic mass is 10.1. The second-order valence-electron chi connectivity index (χ2n) is 8.83. The quantitative estimate of drug-likeness (QED) is 0.427. The first kappa shape index (κ1) is 24.9. The number of rotatable bonds is 4. The number of nitrogens with one attached hydrogen (secondary N) is 1. The van der Waals surface area contributed by atoms with Gasteiger partial charge in [-0.2, -0.15) is 0 Å². The lowest BCUT2D eigenvalue weighted by Gasteiger charge is -2.26. The Labute approximate surface area is 206 Å². The number of benzene rings is 2. The normalized spacial score (nSPS) is 15.8. The number of aromatic carboxylic acids is 1. The molecule has 1 saturated carbocycles. The Hall–Kier alpha value is -3.26. The highest BCUT2D eigenvalue weighted by atomic mass is 35.5. The van der Waals surface area contributed by atoms with E-state index in [9.17, 15) is 23.5 Å². The second kappa shape index (κ2) is 10.6. The largest absolute Gasteiger partial charge is 0.477 e. The van der Waals surface area contributed by atoms with Crippen LogP contribution in [-0.2, 0) is 0 Å². The number of carboxylic acids is 1. The highest BCUT2D eigenvalue weighted by Gasteiger charge is 2.30. The number of anilines is 1. The van der Waals surface area contributed by atoms with Crippen LogP contribution in [0.15, 0.2) is 41.3 Å². The number of pyridine rings is 1. The van der Waals surface area contributed by atoms with Crippen LogP contribution in [0.5, 0.6) is 0 Å². The molecule has 1 saturated heterocycles. The van der Waals surface area contributed by atoms with E-state index in [1.54, 1.807) is 16.7 Å². The molecule has 5 rings (SSSR count). The van der Waals surface area contributed by atoms with Gasteiger partial charge in [0.1, 0.15) is 17.2 Å². The molecule has 2 N–H and O–H groups in total. The average Bonchev–Trinajstić information content (AvgIpc) is 3.69. The van der Waals surface area contributed by atoms with Gasteiger partial charge in [0.2, 0.25) is 5.43 Å². The molecule has 1 aromatic heterocycles. The van der Waals surface area contributed by atoms with Gasteiger partial charge in [-0.1, -0.05) is 36.6 Å². The molecule has 0 unspecified atom stereocenters. The highest BCUT2D eigenvalue weighted by Crippen LogP contribution is 2.42. The predicted molar refractivity (Wildman–Crippen MR) is 133 cm³/mol. The summed E-state index contributed by atoms with van der Waals surface area (Å²) in [6.45, 7) is 1.45. The minimum atomic E-state index is -1.31. The van der Waals surface area contributed by atoms with Gasteiger partial charge in [0.05, 0.1) is 21.6 Å². The second-order valence-corrected chi connectivity index (χ2v) is 9.21. The third-order valence-electron chi connectivity index (χ3n) is 6.31. The zero-order valence-electron chi connectivity index (χ0n) is 19.1. The first-order valence-electron chi connectivity index (χ1n) is 11.6. The van der Waals surface area contributed by atoms with E-state index in [-0.39, 0.29) is 27.8 Å². The van der Waals surface area contributed by atoms with Gasteiger partial charge < -0.3 is 20.0 Å². The fourth-order valence-electron chi connectivity index (χ4n) is 4.37. The van der Waals surface area contributed by atoms with Gasteiger partial charge in [0, 0.05) is 31.5 Å². The van der Waals surface area contributed by atoms with E-state index in [0.29, 0.717) is 11.2 Å². The Morgan fingerprint density at radius 3 is 2.26 bits per heavy atom. The number of hydrogen-bond donors (Lipinski definition) is 2. The van der Waals surface area contributed by atoms with Crippen molar-refractivity contribution in [2.45, 2.75) is 44.6 Å². The molecule has 0 bridgehead atoms. The summed E-state index contributed by atoms with van der Waals surface area (Å²) in [4.78, 5) is 26.0. The predicted octanol–water partition coefficient (Wildman–Crippen LogP) is 6.03. The molecule has 9 heteroatoms. The van der Waals surface area contributed by atoms with Crippen LogP contribution in [0.4, 0.5) is 14.5 Å². The van der Waals surface area contributed by atoms with E-state index in [0.717, 1.165) is 63.2 Å². The molecule has 6 nitrogen and oxygen atoms in total. The van der Waals surface area contributed by atoms with Gasteiger partial charge >= 0.3 is 5.97 Å². The first-order chi connectivity index (χ1) is 16.8. The highest BCUT2D eigenvalue weighted by molar-refractivity contribution is 6.38. The zero-order chi connectivity index (χ0) is 25.1. The Balaban J connectivity index is 0.000000271. The van der Waals surface area contributed by atoms with Crippen molar-refractivity contribution in [2.24, 2.45) is 0 Å². The Morgan fingerprint density at radius 1 is 1.09 bits per heavy atom. The summed E-state index contributed by atoms with van der Waals surface area (Å²) >= 11 is 6.63. The summed E-state index contributed by atoms with van der Waals surface area (Å²) in [6, 6.07) is 7.05. The number of aromatic nitrogens is 1. The van der Waals surface area contributed by atoms with E-state index < -0.39 is 17.2 Å². The minimum Gasteiger partial charge on any atom is -0.477 e. The molecule has 2 heterocycles. The lowest BCUT2D eigenvalue weighted by Crippen LogP contribution is -2.26. The van der Waals surface area contributed by atoms with Crippen LogP contribution in [0.1, 0.15) is 60.5 Å². The van der Waals surface area contributed by atoms with Crippen LogP contribution in [0.25, 0.3) is 10.9 Å². The van der Waals surface area contributed by atoms with E-state index in [2.05, 4.69) is 0 Å². The van der Waals surface area contributed by atoms with Crippen molar-refractivity contribution in [2.75, 3.05) is 18.0 Å². The van der Waals surface area contributed by atoms with E-state index >= 15 is 0 Å². The van der Waals surface area contributed by atoms with Crippen molar-refractivity contribution in [1.82, 2.24) is 4.57 Å². The fourth-order valence-corrected chi connectivity index (χ4v) is 4.78. The Kier molecular flexibility index (Phi) is 7.50. The van der Waals surface area contributed by atoms with Crippen molar-refractivity contribution in [3.63, 3.8) is 0 Å². The van der Waals surface area contributed by atoms with Crippen LogP contribution in [-0.4, -0.2) is 34.9 Å². The fraction of sp³-hybridized carbons (Fsp3) is 0.346. The van der Waals surface area contributed by atoms with Crippen LogP contribution < -0.4 is 10.3 Å². The lowest BCUT2D eigenvalue weighted by molar-refractivity contribution is 0.0695. The number of fused-ring (bicyclic) bond motifs is 1. The van der Waals surface area contributed by atoms with Crippen molar-refractivity contribution in [3.05, 3.63) is 74.5 Å². The summed E-state index contributed by atoms with van der Waals surface area (Å²) in [7, 11) is 0. The Morgan fingerprint density at radius 2 is 1.71 bits per heavy atom. The SMILES string of the molecule is N=Cc1ccc(F)cc1.O=C(O)c1cn(C2CC2)c2c(Cl)c(N3CCCCCC3)c(F)cc2c1=O. The van der Waals surface area contributed by atoms with Crippen LogP contribution in [0.3, 0.4) is 0 Å². The molecule has 2 aliphatic rings. The third-order valence-corrected chi connectivity index (χ3v) is 6.67. The number of halogens is 3. The molecule has 0 radical (unpaired) electrons. The maximum atomic E-state index is 14.9. The molecule has 3 aromatic rings. The molecule has 2 fully saturated rings. The molecule has 0 atom stereocenters. The third kappa shape index (κ3) is 5.37. The molecule has 0 spiro atoms. The number of carboxylic acid groups (broad SMARTS) is 1. The number of nitrogens with zero attached hydrogens (tertiary/aromatic N) is 2. The topological polar surface area (TPSA) is 86.4 Å². The van der Waals surface area contributed by atoms with Crippen LogP contribution in [0, 0.1) is 17.0 Å². The Bertz CT molecular complexity index is 1310. The van der Waals surface area contributed by atoms with Crippen LogP contribution in [0.2, 0.25) is 5.02 Å². The van der Waals surface area contributed by atoms with Gasteiger partial charge in [-0.3, -0.25) is 4.79 Å². The maximum Gasteiger partial charge on any atom is 0.341 e. The molecular formula is C26H26ClF2N3O3.